The van der Waals surface area contributed by atoms with Crippen LogP contribution in [0.5, 0.6) is 0 Å². The second-order valence-corrected chi connectivity index (χ2v) is 7.36. The van der Waals surface area contributed by atoms with Crippen molar-refractivity contribution in [3.63, 3.8) is 0 Å². The molecule has 1 saturated carbocycles. The Morgan fingerprint density at radius 2 is 1.92 bits per heavy atom. The molecule has 1 fully saturated rings. The molecule has 1 N–H and O–H groups in total. The van der Waals surface area contributed by atoms with Crippen LogP contribution in [-0.2, 0) is 0 Å². The van der Waals surface area contributed by atoms with Gasteiger partial charge in [-0.05, 0) is 37.1 Å². The zero-order valence-corrected chi connectivity index (χ0v) is 15.7. The standard InChI is InChI=1S/C19H19Cl2N5/c20-14-6-7-16(21)18(10-14)26-12-13(11-23-26)17-8-9-22-19(25-17)24-15-4-2-1-3-5-15/h6-12,15H,1-5H2,(H,22,24,25). The summed E-state index contributed by atoms with van der Waals surface area (Å²) in [6.45, 7) is 0. The van der Waals surface area contributed by atoms with Crippen LogP contribution in [0.2, 0.25) is 10.0 Å². The summed E-state index contributed by atoms with van der Waals surface area (Å²) in [4.78, 5) is 9.01. The van der Waals surface area contributed by atoms with Gasteiger partial charge in [0.15, 0.2) is 0 Å². The van der Waals surface area contributed by atoms with Crippen molar-refractivity contribution in [2.75, 3.05) is 5.32 Å². The van der Waals surface area contributed by atoms with Crippen LogP contribution < -0.4 is 5.32 Å². The van der Waals surface area contributed by atoms with Crippen LogP contribution in [0.15, 0.2) is 42.9 Å². The molecule has 0 radical (unpaired) electrons. The molecule has 5 nitrogen and oxygen atoms in total. The molecule has 4 rings (SSSR count). The number of anilines is 1. The lowest BCUT2D eigenvalue weighted by atomic mass is 9.96. The maximum absolute atomic E-state index is 6.26. The normalized spacial score (nSPS) is 15.2. The number of hydrogen-bond donors (Lipinski definition) is 1. The van der Waals surface area contributed by atoms with Gasteiger partial charge < -0.3 is 5.32 Å². The molecule has 0 aliphatic heterocycles. The predicted octanol–water partition coefficient (Wildman–Crippen LogP) is 5.38. The molecule has 0 amide bonds. The number of nitrogens with one attached hydrogen (secondary N) is 1. The number of benzene rings is 1. The highest BCUT2D eigenvalue weighted by Crippen LogP contribution is 2.26. The molecule has 0 spiro atoms. The maximum Gasteiger partial charge on any atom is 0.223 e. The van der Waals surface area contributed by atoms with Gasteiger partial charge in [-0.25, -0.2) is 14.6 Å². The van der Waals surface area contributed by atoms with Crippen molar-refractivity contribution in [2.24, 2.45) is 0 Å². The smallest absolute Gasteiger partial charge is 0.223 e. The Bertz CT molecular complexity index is 902. The first-order valence-corrected chi connectivity index (χ1v) is 9.55. The van der Waals surface area contributed by atoms with Crippen molar-refractivity contribution in [3.05, 3.63) is 52.9 Å². The van der Waals surface area contributed by atoms with E-state index in [1.165, 1.54) is 32.1 Å². The first kappa shape index (κ1) is 17.3. The van der Waals surface area contributed by atoms with E-state index in [2.05, 4.69) is 20.4 Å². The van der Waals surface area contributed by atoms with Crippen molar-refractivity contribution in [1.82, 2.24) is 19.7 Å². The third kappa shape index (κ3) is 3.84. The van der Waals surface area contributed by atoms with Gasteiger partial charge >= 0.3 is 0 Å². The van der Waals surface area contributed by atoms with Crippen molar-refractivity contribution < 1.29 is 0 Å². The lowest BCUT2D eigenvalue weighted by Gasteiger charge is -2.22. The molecule has 26 heavy (non-hydrogen) atoms. The zero-order chi connectivity index (χ0) is 17.9. The average Bonchev–Trinajstić information content (AvgIpc) is 3.15. The van der Waals surface area contributed by atoms with Crippen LogP contribution >= 0.6 is 23.2 Å². The van der Waals surface area contributed by atoms with Gasteiger partial charge in [-0.3, -0.25) is 0 Å². The molecule has 7 heteroatoms. The minimum atomic E-state index is 0.465. The lowest BCUT2D eigenvalue weighted by molar-refractivity contribution is 0.461. The first-order valence-electron chi connectivity index (χ1n) is 8.79. The van der Waals surface area contributed by atoms with Gasteiger partial charge in [0.05, 0.1) is 22.6 Å². The van der Waals surface area contributed by atoms with Crippen LogP contribution in [0.3, 0.4) is 0 Å². The molecule has 0 saturated heterocycles. The van der Waals surface area contributed by atoms with Crippen molar-refractivity contribution in [3.8, 4) is 16.9 Å². The fourth-order valence-electron chi connectivity index (χ4n) is 3.27. The fraction of sp³-hybridized carbons (Fsp3) is 0.316. The van der Waals surface area contributed by atoms with E-state index in [0.29, 0.717) is 22.0 Å². The summed E-state index contributed by atoms with van der Waals surface area (Å²) in [6, 6.07) is 7.65. The SMILES string of the molecule is Clc1ccc(Cl)c(-n2cc(-c3ccnc(NC4CCCCC4)n3)cn2)c1. The van der Waals surface area contributed by atoms with Gasteiger partial charge in [0.25, 0.3) is 0 Å². The first-order chi connectivity index (χ1) is 12.7. The molecule has 0 bridgehead atoms. The molecule has 1 aliphatic rings. The van der Waals surface area contributed by atoms with Crippen LogP contribution in [0.25, 0.3) is 16.9 Å². The van der Waals surface area contributed by atoms with E-state index in [1.54, 1.807) is 35.3 Å². The van der Waals surface area contributed by atoms with Gasteiger partial charge in [-0.1, -0.05) is 42.5 Å². The number of nitrogens with zero attached hydrogens (tertiary/aromatic N) is 4. The monoisotopic (exact) mass is 387 g/mol. The summed E-state index contributed by atoms with van der Waals surface area (Å²) in [5.74, 6) is 0.669. The minimum absolute atomic E-state index is 0.465. The highest BCUT2D eigenvalue weighted by molar-refractivity contribution is 6.34. The summed E-state index contributed by atoms with van der Waals surface area (Å²) < 4.78 is 1.71. The average molecular weight is 388 g/mol. The topological polar surface area (TPSA) is 55.6 Å². The molecule has 1 aliphatic carbocycles. The Labute approximate surface area is 162 Å². The maximum atomic E-state index is 6.26. The molecule has 1 aromatic carbocycles. The molecule has 3 aromatic rings. The Balaban J connectivity index is 1.57. The van der Waals surface area contributed by atoms with Crippen molar-refractivity contribution in [2.45, 2.75) is 38.1 Å². The quantitative estimate of drug-likeness (QED) is 0.652. The zero-order valence-electron chi connectivity index (χ0n) is 14.2. The van der Waals surface area contributed by atoms with Gasteiger partial charge in [0.1, 0.15) is 0 Å². The van der Waals surface area contributed by atoms with Gasteiger partial charge in [-0.2, -0.15) is 5.10 Å². The van der Waals surface area contributed by atoms with Gasteiger partial charge in [-0.15, -0.1) is 0 Å². The summed E-state index contributed by atoms with van der Waals surface area (Å²) in [7, 11) is 0. The summed E-state index contributed by atoms with van der Waals surface area (Å²) in [6.07, 6.45) is 11.7. The molecule has 0 unspecified atom stereocenters. The Morgan fingerprint density at radius 3 is 2.77 bits per heavy atom. The Kier molecular flexibility index (Phi) is 5.09. The largest absolute Gasteiger partial charge is 0.351 e. The predicted molar refractivity (Wildman–Crippen MR) is 105 cm³/mol. The van der Waals surface area contributed by atoms with Crippen molar-refractivity contribution in [1.29, 1.82) is 0 Å². The van der Waals surface area contributed by atoms with Crippen molar-refractivity contribution >= 4 is 29.2 Å². The fourth-order valence-corrected chi connectivity index (χ4v) is 3.64. The Morgan fingerprint density at radius 1 is 1.08 bits per heavy atom. The van der Waals surface area contributed by atoms with Crippen LogP contribution in [0, 0.1) is 0 Å². The van der Waals surface area contributed by atoms with Crippen LogP contribution in [-0.4, -0.2) is 25.8 Å². The third-order valence-corrected chi connectivity index (χ3v) is 5.18. The summed E-state index contributed by atoms with van der Waals surface area (Å²) in [5.41, 5.74) is 2.46. The number of aromatic nitrogens is 4. The van der Waals surface area contributed by atoms with Crippen LogP contribution in [0.1, 0.15) is 32.1 Å². The number of rotatable bonds is 4. The van der Waals surface area contributed by atoms with E-state index in [0.717, 1.165) is 16.9 Å². The highest BCUT2D eigenvalue weighted by atomic mass is 35.5. The molecule has 0 atom stereocenters. The molecular weight excluding hydrogens is 369 g/mol. The number of hydrogen-bond acceptors (Lipinski definition) is 4. The molecule has 134 valence electrons. The third-order valence-electron chi connectivity index (χ3n) is 4.63. The summed E-state index contributed by atoms with van der Waals surface area (Å²) in [5, 5.41) is 9.06. The van der Waals surface area contributed by atoms with E-state index in [-0.39, 0.29) is 0 Å². The minimum Gasteiger partial charge on any atom is -0.351 e. The second-order valence-electron chi connectivity index (χ2n) is 6.51. The van der Waals surface area contributed by atoms with Crippen LogP contribution in [0.4, 0.5) is 5.95 Å². The summed E-state index contributed by atoms with van der Waals surface area (Å²) >= 11 is 12.3. The lowest BCUT2D eigenvalue weighted by Crippen LogP contribution is -2.23. The highest BCUT2D eigenvalue weighted by Gasteiger charge is 2.15. The van der Waals surface area contributed by atoms with E-state index in [9.17, 15) is 0 Å². The number of halogens is 2. The molecule has 2 heterocycles. The van der Waals surface area contributed by atoms with E-state index in [4.69, 9.17) is 23.2 Å². The van der Waals surface area contributed by atoms with Gasteiger partial charge in [0.2, 0.25) is 5.95 Å². The Hall–Kier alpha value is -2.11. The van der Waals surface area contributed by atoms with Gasteiger partial charge in [0, 0.05) is 29.0 Å². The molecule has 2 aromatic heterocycles. The van der Waals surface area contributed by atoms with E-state index in [1.807, 2.05) is 12.3 Å². The second kappa shape index (κ2) is 7.64. The van der Waals surface area contributed by atoms with E-state index >= 15 is 0 Å². The van der Waals surface area contributed by atoms with E-state index < -0.39 is 0 Å². The molecular formula is C19H19Cl2N5.